The van der Waals surface area contributed by atoms with E-state index in [2.05, 4.69) is 0 Å². The fraction of sp³-hybridized carbons (Fsp3) is 0.438. The molecule has 0 unspecified atom stereocenters. The number of hydrogen-bond donors (Lipinski definition) is 0. The van der Waals surface area contributed by atoms with Crippen LogP contribution in [0.15, 0.2) is 30.3 Å². The number of carbonyl (C=O) groups is 3. The van der Waals surface area contributed by atoms with Gasteiger partial charge in [-0.25, -0.2) is 4.79 Å². The first-order valence-electron chi connectivity index (χ1n) is 7.24. The van der Waals surface area contributed by atoms with E-state index >= 15 is 0 Å². The van der Waals surface area contributed by atoms with E-state index in [1.165, 1.54) is 12.0 Å². The van der Waals surface area contributed by atoms with Crippen molar-refractivity contribution in [3.8, 4) is 0 Å². The highest BCUT2D eigenvalue weighted by atomic mass is 16.5. The summed E-state index contributed by atoms with van der Waals surface area (Å²) in [6.07, 6.45) is 0.538. The first kappa shape index (κ1) is 14.6. The zero-order valence-corrected chi connectivity index (χ0v) is 12.2. The zero-order valence-electron chi connectivity index (χ0n) is 12.2. The van der Waals surface area contributed by atoms with E-state index in [1.54, 1.807) is 0 Å². The third kappa shape index (κ3) is 2.34. The molecule has 0 aromatic heterocycles. The zero-order chi connectivity index (χ0) is 15.7. The number of amides is 1. The van der Waals surface area contributed by atoms with Gasteiger partial charge >= 0.3 is 11.9 Å². The van der Waals surface area contributed by atoms with Gasteiger partial charge in [0.15, 0.2) is 0 Å². The lowest BCUT2D eigenvalue weighted by Crippen LogP contribution is -2.60. The highest BCUT2D eigenvalue weighted by molar-refractivity contribution is 5.92. The van der Waals surface area contributed by atoms with Gasteiger partial charge in [-0.15, -0.1) is 0 Å². The van der Waals surface area contributed by atoms with E-state index in [9.17, 15) is 14.4 Å². The second-order valence-corrected chi connectivity index (χ2v) is 5.47. The van der Waals surface area contributed by atoms with Crippen LogP contribution in [-0.4, -0.2) is 42.5 Å². The molecule has 1 amide bonds. The third-order valence-electron chi connectivity index (χ3n) is 4.29. The van der Waals surface area contributed by atoms with Crippen molar-refractivity contribution in [1.82, 2.24) is 4.90 Å². The maximum atomic E-state index is 12.4. The number of rotatable bonds is 2. The number of benzene rings is 1. The molecule has 0 saturated carbocycles. The summed E-state index contributed by atoms with van der Waals surface area (Å²) in [6, 6.07) is 8.13. The van der Waals surface area contributed by atoms with Gasteiger partial charge in [0.2, 0.25) is 5.91 Å². The molecule has 6 nitrogen and oxygen atoms in total. The second kappa shape index (κ2) is 5.79. The minimum absolute atomic E-state index is 0.110. The normalized spacial score (nSPS) is 27.9. The van der Waals surface area contributed by atoms with Crippen molar-refractivity contribution in [1.29, 1.82) is 0 Å². The quantitative estimate of drug-likeness (QED) is 0.764. The Balaban J connectivity index is 1.98. The van der Waals surface area contributed by atoms with E-state index < -0.39 is 23.9 Å². The first-order chi connectivity index (χ1) is 10.6. The summed E-state index contributed by atoms with van der Waals surface area (Å²) in [7, 11) is 1.28. The second-order valence-electron chi connectivity index (χ2n) is 5.47. The average molecular weight is 303 g/mol. The summed E-state index contributed by atoms with van der Waals surface area (Å²) in [5.41, 5.74) is 0.888. The number of carbonyl (C=O) groups excluding carboxylic acids is 3. The first-order valence-corrected chi connectivity index (χ1v) is 7.24. The maximum absolute atomic E-state index is 12.4. The predicted molar refractivity (Wildman–Crippen MR) is 75.5 cm³/mol. The fourth-order valence-corrected chi connectivity index (χ4v) is 3.22. The van der Waals surface area contributed by atoms with Crippen molar-refractivity contribution >= 4 is 17.8 Å². The third-order valence-corrected chi connectivity index (χ3v) is 4.29. The van der Waals surface area contributed by atoms with Crippen LogP contribution in [0.3, 0.4) is 0 Å². The van der Waals surface area contributed by atoms with Gasteiger partial charge in [-0.1, -0.05) is 30.3 Å². The number of cyclic esters (lactones) is 1. The molecular formula is C16H17NO5. The molecule has 2 aliphatic rings. The van der Waals surface area contributed by atoms with Crippen LogP contribution in [-0.2, 0) is 23.9 Å². The van der Waals surface area contributed by atoms with Crippen molar-refractivity contribution < 1.29 is 23.9 Å². The number of fused-ring (bicyclic) bond motifs is 1. The van der Waals surface area contributed by atoms with Gasteiger partial charge in [0.1, 0.15) is 12.6 Å². The summed E-state index contributed by atoms with van der Waals surface area (Å²) in [5.74, 6) is -1.80. The molecule has 2 saturated heterocycles. The Labute approximate surface area is 128 Å². The van der Waals surface area contributed by atoms with Gasteiger partial charge in [0, 0.05) is 6.42 Å². The number of hydrogen-bond acceptors (Lipinski definition) is 5. The molecule has 0 radical (unpaired) electrons. The van der Waals surface area contributed by atoms with Crippen molar-refractivity contribution in [3.63, 3.8) is 0 Å². The van der Waals surface area contributed by atoms with Crippen LogP contribution in [0.5, 0.6) is 0 Å². The Morgan fingerprint density at radius 2 is 2.00 bits per heavy atom. The van der Waals surface area contributed by atoms with E-state index in [1.807, 2.05) is 30.3 Å². The molecule has 3 rings (SSSR count). The molecule has 0 aliphatic carbocycles. The monoisotopic (exact) mass is 303 g/mol. The molecule has 2 aliphatic heterocycles. The number of esters is 2. The van der Waals surface area contributed by atoms with Crippen LogP contribution in [0.25, 0.3) is 0 Å². The number of methoxy groups -OCH3 is 1. The van der Waals surface area contributed by atoms with Crippen LogP contribution in [0, 0.1) is 5.92 Å². The lowest BCUT2D eigenvalue weighted by molar-refractivity contribution is -0.182. The van der Waals surface area contributed by atoms with Gasteiger partial charge in [0.05, 0.1) is 19.1 Å². The lowest BCUT2D eigenvalue weighted by Gasteiger charge is -2.45. The molecule has 1 aromatic rings. The minimum Gasteiger partial charge on any atom is -0.469 e. The smallest absolute Gasteiger partial charge is 0.329 e. The Morgan fingerprint density at radius 1 is 1.27 bits per heavy atom. The van der Waals surface area contributed by atoms with Crippen molar-refractivity contribution in [2.45, 2.75) is 24.9 Å². The Hall–Kier alpha value is -2.37. The number of morpholine rings is 1. The lowest BCUT2D eigenvalue weighted by atomic mass is 9.85. The largest absolute Gasteiger partial charge is 0.469 e. The van der Waals surface area contributed by atoms with Gasteiger partial charge in [-0.3, -0.25) is 9.59 Å². The van der Waals surface area contributed by atoms with E-state index in [0.29, 0.717) is 6.42 Å². The fourth-order valence-electron chi connectivity index (χ4n) is 3.22. The van der Waals surface area contributed by atoms with Gasteiger partial charge in [0.25, 0.3) is 0 Å². The Morgan fingerprint density at radius 3 is 2.68 bits per heavy atom. The van der Waals surface area contributed by atoms with Crippen molar-refractivity contribution in [3.05, 3.63) is 35.9 Å². The van der Waals surface area contributed by atoms with Crippen molar-refractivity contribution in [2.75, 3.05) is 13.7 Å². The van der Waals surface area contributed by atoms with Crippen molar-refractivity contribution in [2.24, 2.45) is 5.92 Å². The van der Waals surface area contributed by atoms with Gasteiger partial charge in [-0.05, 0) is 12.0 Å². The molecule has 6 heteroatoms. The molecule has 3 atom stereocenters. The number of nitrogens with zero attached hydrogens (tertiary/aromatic N) is 1. The highest BCUT2D eigenvalue weighted by Gasteiger charge is 2.51. The summed E-state index contributed by atoms with van der Waals surface area (Å²) < 4.78 is 10.0. The molecular weight excluding hydrogens is 286 g/mol. The summed E-state index contributed by atoms with van der Waals surface area (Å²) in [6.45, 7) is 0.110. The standard InChI is InChI=1S/C16H17NO5/c1-21-15(19)11-7-8-13(18)17-12(9-22-16(20)14(11)17)10-5-3-2-4-6-10/h2-6,11-12,14H,7-9H2,1H3/t11-,12+,14-/m1/s1. The SMILES string of the molecule is COC(=O)[C@@H]1CCC(=O)N2[C@H](c3ccccc3)COC(=O)[C@@H]12. The van der Waals surface area contributed by atoms with Crippen LogP contribution in [0.4, 0.5) is 0 Å². The average Bonchev–Trinajstić information content (AvgIpc) is 2.56. The highest BCUT2D eigenvalue weighted by Crippen LogP contribution is 2.37. The molecule has 0 bridgehead atoms. The van der Waals surface area contributed by atoms with Gasteiger partial charge < -0.3 is 14.4 Å². The molecule has 22 heavy (non-hydrogen) atoms. The maximum Gasteiger partial charge on any atom is 0.329 e. The molecule has 1 aromatic carbocycles. The molecule has 0 N–H and O–H groups in total. The minimum atomic E-state index is -0.896. The topological polar surface area (TPSA) is 72.9 Å². The molecule has 2 heterocycles. The molecule has 116 valence electrons. The summed E-state index contributed by atoms with van der Waals surface area (Å²) in [4.78, 5) is 38.0. The van der Waals surface area contributed by atoms with E-state index in [0.717, 1.165) is 5.56 Å². The van der Waals surface area contributed by atoms with Crippen LogP contribution in [0.1, 0.15) is 24.4 Å². The van der Waals surface area contributed by atoms with Gasteiger partial charge in [-0.2, -0.15) is 0 Å². The molecule has 2 fully saturated rings. The predicted octanol–water partition coefficient (Wildman–Crippen LogP) is 1.06. The van der Waals surface area contributed by atoms with Crippen LogP contribution < -0.4 is 0 Å². The van der Waals surface area contributed by atoms with Crippen LogP contribution >= 0.6 is 0 Å². The summed E-state index contributed by atoms with van der Waals surface area (Å²) >= 11 is 0. The Bertz CT molecular complexity index is 600. The van der Waals surface area contributed by atoms with E-state index in [-0.39, 0.29) is 25.0 Å². The number of piperidine rings is 1. The Kier molecular flexibility index (Phi) is 3.83. The van der Waals surface area contributed by atoms with Crippen LogP contribution in [0.2, 0.25) is 0 Å². The summed E-state index contributed by atoms with van der Waals surface area (Å²) in [5, 5.41) is 0. The number of ether oxygens (including phenoxy) is 2. The molecule has 0 spiro atoms. The van der Waals surface area contributed by atoms with E-state index in [4.69, 9.17) is 9.47 Å².